The Morgan fingerprint density at radius 3 is 2.85 bits per heavy atom. The maximum Gasteiger partial charge on any atom is 0.0729 e. The van der Waals surface area contributed by atoms with E-state index in [9.17, 15) is 0 Å². The van der Waals surface area contributed by atoms with Gasteiger partial charge in [0.15, 0.2) is 0 Å². The molecule has 0 aliphatic heterocycles. The molecule has 1 aliphatic rings. The van der Waals surface area contributed by atoms with E-state index in [2.05, 4.69) is 39.5 Å². The summed E-state index contributed by atoms with van der Waals surface area (Å²) in [6, 6.07) is 0.621. The highest BCUT2D eigenvalue weighted by atomic mass is 15.3. The van der Waals surface area contributed by atoms with Crippen LogP contribution in [-0.2, 0) is 13.1 Å². The minimum absolute atomic E-state index is 0.621. The molecule has 20 heavy (non-hydrogen) atoms. The van der Waals surface area contributed by atoms with Gasteiger partial charge in [-0.1, -0.05) is 19.8 Å². The average molecular weight is 273 g/mol. The smallest absolute Gasteiger partial charge is 0.0729 e. The minimum Gasteiger partial charge on any atom is -0.378 e. The zero-order valence-electron chi connectivity index (χ0n) is 12.1. The number of aromatic nitrogens is 4. The van der Waals surface area contributed by atoms with Gasteiger partial charge in [0, 0.05) is 31.0 Å². The molecule has 5 nitrogen and oxygen atoms in total. The van der Waals surface area contributed by atoms with Gasteiger partial charge in [-0.15, -0.1) is 0 Å². The maximum atomic E-state index is 4.50. The topological polar surface area (TPSA) is 47.7 Å². The Labute approximate surface area is 120 Å². The molecule has 0 unspecified atom stereocenters. The lowest BCUT2D eigenvalue weighted by Crippen LogP contribution is -2.04. The van der Waals surface area contributed by atoms with Crippen LogP contribution in [0.1, 0.15) is 50.6 Å². The second-order valence-electron chi connectivity index (χ2n) is 5.61. The fourth-order valence-corrected chi connectivity index (χ4v) is 2.85. The highest BCUT2D eigenvalue weighted by Gasteiger charge is 2.17. The van der Waals surface area contributed by atoms with E-state index in [0.29, 0.717) is 6.04 Å². The van der Waals surface area contributed by atoms with Crippen molar-refractivity contribution < 1.29 is 0 Å². The van der Waals surface area contributed by atoms with Crippen LogP contribution < -0.4 is 5.32 Å². The molecule has 2 aromatic heterocycles. The van der Waals surface area contributed by atoms with Crippen LogP contribution in [0.25, 0.3) is 0 Å². The molecule has 1 fully saturated rings. The van der Waals surface area contributed by atoms with Gasteiger partial charge in [0.25, 0.3) is 0 Å². The summed E-state index contributed by atoms with van der Waals surface area (Å²) in [6.07, 6.45) is 14.4. The van der Waals surface area contributed by atoms with E-state index in [-0.39, 0.29) is 0 Å². The third-order valence-corrected chi connectivity index (χ3v) is 3.94. The summed E-state index contributed by atoms with van der Waals surface area (Å²) in [4.78, 5) is 0. The lowest BCUT2D eigenvalue weighted by atomic mass is 10.2. The van der Waals surface area contributed by atoms with E-state index >= 15 is 0 Å². The summed E-state index contributed by atoms with van der Waals surface area (Å²) in [7, 11) is 0. The Kier molecular flexibility index (Phi) is 4.04. The molecule has 108 valence electrons. The van der Waals surface area contributed by atoms with Crippen LogP contribution in [0.3, 0.4) is 0 Å². The highest BCUT2D eigenvalue weighted by Crippen LogP contribution is 2.28. The van der Waals surface area contributed by atoms with Crippen LogP contribution in [0.2, 0.25) is 0 Å². The Bertz CT molecular complexity index is 536. The van der Waals surface area contributed by atoms with Gasteiger partial charge in [-0.25, -0.2) is 0 Å². The van der Waals surface area contributed by atoms with E-state index in [1.807, 2.05) is 17.1 Å². The molecule has 1 saturated carbocycles. The minimum atomic E-state index is 0.621. The molecule has 2 aromatic rings. The quantitative estimate of drug-likeness (QED) is 0.879. The Morgan fingerprint density at radius 1 is 1.20 bits per heavy atom. The van der Waals surface area contributed by atoms with E-state index in [1.54, 1.807) is 0 Å². The summed E-state index contributed by atoms with van der Waals surface area (Å²) in [5.41, 5.74) is 2.31. The monoisotopic (exact) mass is 273 g/mol. The van der Waals surface area contributed by atoms with Gasteiger partial charge in [-0.2, -0.15) is 10.2 Å². The molecular formula is C15H23N5. The van der Waals surface area contributed by atoms with E-state index in [0.717, 1.165) is 25.2 Å². The fraction of sp³-hybridized carbons (Fsp3) is 0.600. The van der Waals surface area contributed by atoms with Crippen LogP contribution in [0.15, 0.2) is 24.8 Å². The van der Waals surface area contributed by atoms with Crippen molar-refractivity contribution in [1.82, 2.24) is 19.6 Å². The number of anilines is 1. The number of rotatable bonds is 6. The summed E-state index contributed by atoms with van der Waals surface area (Å²) < 4.78 is 4.12. The largest absolute Gasteiger partial charge is 0.378 e. The van der Waals surface area contributed by atoms with Gasteiger partial charge >= 0.3 is 0 Å². The molecule has 0 atom stereocenters. The van der Waals surface area contributed by atoms with Crippen LogP contribution in [0.5, 0.6) is 0 Å². The van der Waals surface area contributed by atoms with Crippen LogP contribution in [0, 0.1) is 0 Å². The first kappa shape index (κ1) is 13.2. The summed E-state index contributed by atoms with van der Waals surface area (Å²) in [6.45, 7) is 3.94. The first-order valence-corrected chi connectivity index (χ1v) is 7.64. The van der Waals surface area contributed by atoms with Crippen molar-refractivity contribution in [3.63, 3.8) is 0 Å². The summed E-state index contributed by atoms with van der Waals surface area (Å²) in [5, 5.41) is 12.2. The first-order chi connectivity index (χ1) is 9.85. The molecule has 1 aliphatic carbocycles. The van der Waals surface area contributed by atoms with Crippen molar-refractivity contribution in [3.8, 4) is 0 Å². The van der Waals surface area contributed by atoms with Gasteiger partial charge in [0.2, 0.25) is 0 Å². The first-order valence-electron chi connectivity index (χ1n) is 7.64. The number of hydrogen-bond donors (Lipinski definition) is 1. The van der Waals surface area contributed by atoms with Crippen molar-refractivity contribution in [2.24, 2.45) is 0 Å². The zero-order valence-corrected chi connectivity index (χ0v) is 12.1. The average Bonchev–Trinajstić information content (AvgIpc) is 3.18. The second-order valence-corrected chi connectivity index (χ2v) is 5.61. The summed E-state index contributed by atoms with van der Waals surface area (Å²) in [5.74, 6) is 0. The van der Waals surface area contributed by atoms with Gasteiger partial charge < -0.3 is 5.32 Å². The van der Waals surface area contributed by atoms with E-state index in [4.69, 9.17) is 0 Å². The SMILES string of the molecule is CCCn1cc(NCc2cnn(C3CCCC3)c2)cn1. The molecule has 1 N–H and O–H groups in total. The predicted molar refractivity (Wildman–Crippen MR) is 79.6 cm³/mol. The van der Waals surface area contributed by atoms with Gasteiger partial charge in [-0.05, 0) is 19.3 Å². The molecule has 0 radical (unpaired) electrons. The third-order valence-electron chi connectivity index (χ3n) is 3.94. The standard InChI is InChI=1S/C15H23N5/c1-2-7-19-12-14(10-17-19)16-8-13-9-18-20(11-13)15-5-3-4-6-15/h9-12,15-16H,2-8H2,1H3. The van der Waals surface area contributed by atoms with Gasteiger partial charge in [0.1, 0.15) is 0 Å². The van der Waals surface area contributed by atoms with Crippen molar-refractivity contribution >= 4 is 5.69 Å². The Balaban J connectivity index is 1.54. The Morgan fingerprint density at radius 2 is 2.05 bits per heavy atom. The lowest BCUT2D eigenvalue weighted by molar-refractivity contribution is 0.466. The van der Waals surface area contributed by atoms with E-state index in [1.165, 1.54) is 31.2 Å². The second kappa shape index (κ2) is 6.11. The van der Waals surface area contributed by atoms with Crippen LogP contribution in [-0.4, -0.2) is 19.6 Å². The lowest BCUT2D eigenvalue weighted by Gasteiger charge is -2.08. The number of hydrogen-bond acceptors (Lipinski definition) is 3. The third kappa shape index (κ3) is 3.03. The van der Waals surface area contributed by atoms with Crippen molar-refractivity contribution in [2.45, 2.75) is 58.2 Å². The van der Waals surface area contributed by atoms with Crippen molar-refractivity contribution in [2.75, 3.05) is 5.32 Å². The molecule has 3 rings (SSSR count). The van der Waals surface area contributed by atoms with Crippen LogP contribution in [0.4, 0.5) is 5.69 Å². The van der Waals surface area contributed by atoms with E-state index < -0.39 is 0 Å². The number of nitrogens with one attached hydrogen (secondary N) is 1. The molecule has 0 amide bonds. The highest BCUT2D eigenvalue weighted by molar-refractivity contribution is 5.38. The number of aryl methyl sites for hydroxylation is 1. The molecule has 0 aromatic carbocycles. The Hall–Kier alpha value is -1.78. The zero-order chi connectivity index (χ0) is 13.8. The predicted octanol–water partition coefficient (Wildman–Crippen LogP) is 3.22. The van der Waals surface area contributed by atoms with Crippen molar-refractivity contribution in [1.29, 1.82) is 0 Å². The molecule has 0 bridgehead atoms. The number of nitrogens with zero attached hydrogens (tertiary/aromatic N) is 4. The summed E-state index contributed by atoms with van der Waals surface area (Å²) >= 11 is 0. The maximum absolute atomic E-state index is 4.50. The molecule has 0 saturated heterocycles. The van der Waals surface area contributed by atoms with Crippen molar-refractivity contribution in [3.05, 3.63) is 30.4 Å². The molecule has 2 heterocycles. The fourth-order valence-electron chi connectivity index (χ4n) is 2.85. The van der Waals surface area contributed by atoms with Gasteiger partial charge in [-0.3, -0.25) is 9.36 Å². The normalized spacial score (nSPS) is 15.8. The molecule has 5 heteroatoms. The molecular weight excluding hydrogens is 250 g/mol. The molecule has 0 spiro atoms. The van der Waals surface area contributed by atoms with Gasteiger partial charge in [0.05, 0.1) is 24.1 Å². The van der Waals surface area contributed by atoms with Crippen LogP contribution >= 0.6 is 0 Å².